The SMILES string of the molecule is CC(C)(C)CCN1C(=O)C(C2=NP(=O)(CO)c3cc(NS(C)(=O)=O)ccc3N2)=C(O)C1C(C)(C)C.CC(C)(C)CCN1C(=O)C(C2=NP(=O)(COCc3ccccc3)c3cc(NS(C)(=O)=O)ccc3N2)=C(O)C1C(C)(C)C.CCOc1ccc2c(c1)NC(C1=C(O)C(C(C)(C)C)N(CCC(C)(C)C)C1=O)=NP2(=O)OCC.CCP1(=O)N=C(C2=C(O)C(C(C)(C)C)N(CCC(C)(C)C)C2=O)Nc2ccc(N(S(C)(=O)=O)S(C)(=O)=O)cc21. The number of rotatable bonds is 29. The second-order valence-electron chi connectivity index (χ2n) is 47.9. The van der Waals surface area contributed by atoms with Crippen molar-refractivity contribution in [3.8, 4) is 5.75 Å². The first-order valence-electron chi connectivity index (χ1n) is 49.6. The lowest BCUT2D eigenvalue weighted by Gasteiger charge is -2.36. The van der Waals surface area contributed by atoms with Gasteiger partial charge in [0.15, 0.2) is 5.84 Å². The van der Waals surface area contributed by atoms with E-state index in [-0.39, 0.29) is 164 Å². The van der Waals surface area contributed by atoms with Crippen molar-refractivity contribution >= 4 is 177 Å². The lowest BCUT2D eigenvalue weighted by atomic mass is 9.84. The van der Waals surface area contributed by atoms with E-state index in [0.717, 1.165) is 43.4 Å². The zero-order valence-electron chi connectivity index (χ0n) is 92.0. The summed E-state index contributed by atoms with van der Waals surface area (Å²) in [5.74, 6) is -1.53. The summed E-state index contributed by atoms with van der Waals surface area (Å²) in [5.41, 5.74) is 0.423. The molecule has 0 bridgehead atoms. The number of ether oxygens (including phenoxy) is 2. The molecule has 11 N–H and O–H groups in total. The largest absolute Gasteiger partial charge is 0.509 e. The van der Waals surface area contributed by atoms with Crippen molar-refractivity contribution in [2.24, 2.45) is 62.4 Å². The fraction of sp³-hybridized carbons (Fsp3) is 0.553. The maximum atomic E-state index is 14.6. The first-order valence-corrected chi connectivity index (χ1v) is 64.1. The minimum absolute atomic E-state index is 0.00738. The van der Waals surface area contributed by atoms with Crippen molar-refractivity contribution in [1.82, 2.24) is 19.6 Å². The molecule has 0 fully saturated rings. The molecule has 8 atom stereocenters. The van der Waals surface area contributed by atoms with Crippen LogP contribution in [0.3, 0.4) is 0 Å². The number of hydrogen-bond acceptors (Lipinski definition) is 28. The minimum Gasteiger partial charge on any atom is -0.509 e. The highest BCUT2D eigenvalue weighted by atomic mass is 32.3. The van der Waals surface area contributed by atoms with E-state index in [9.17, 15) is 96.6 Å². The van der Waals surface area contributed by atoms with E-state index in [1.54, 1.807) is 57.7 Å². The molecular weight excluding hydrogens is 2080 g/mol. The first kappa shape index (κ1) is 122. The normalized spacial score (nSPS) is 22.4. The van der Waals surface area contributed by atoms with Crippen molar-refractivity contribution in [1.29, 1.82) is 0 Å². The highest BCUT2D eigenvalue weighted by Crippen LogP contribution is 2.58. The van der Waals surface area contributed by atoms with Crippen molar-refractivity contribution < 1.29 is 111 Å². The molecule has 0 saturated heterocycles. The summed E-state index contributed by atoms with van der Waals surface area (Å²) in [4.78, 5) is 61.5. The molecule has 47 heteroatoms. The van der Waals surface area contributed by atoms with Gasteiger partial charge in [0, 0.05) is 49.8 Å². The van der Waals surface area contributed by atoms with Gasteiger partial charge in [-0.05, 0) is 155 Å². The molecule has 5 aromatic carbocycles. The smallest absolute Gasteiger partial charge is 0.348 e. The molecule has 0 aliphatic carbocycles. The molecule has 0 saturated carbocycles. The molecule has 0 radical (unpaired) electrons. The van der Waals surface area contributed by atoms with Crippen molar-refractivity contribution in [2.45, 2.75) is 243 Å². The fourth-order valence-corrected chi connectivity index (χ4v) is 29.8. The molecule has 8 aliphatic rings. The predicted molar refractivity (Wildman–Crippen MR) is 599 cm³/mol. The molecule has 8 heterocycles. The number of fused-ring (bicyclic) bond motifs is 4. The third-order valence-corrected chi connectivity index (χ3v) is 38.5. The van der Waals surface area contributed by atoms with Crippen LogP contribution in [0.1, 0.15) is 218 Å². The molecule has 8 aliphatic heterocycles. The highest BCUT2D eigenvalue weighted by molar-refractivity contribution is 8.09. The van der Waals surface area contributed by atoms with E-state index < -0.39 is 139 Å². The Balaban J connectivity index is 0.000000205. The Kier molecular flexibility index (Phi) is 36.0. The molecular formula is C103H153N15O24P4S4. The summed E-state index contributed by atoms with van der Waals surface area (Å²) in [6, 6.07) is 25.0. The fourth-order valence-electron chi connectivity index (χ4n) is 18.4. The zero-order valence-corrected chi connectivity index (χ0v) is 98.8. The molecule has 5 aromatic rings. The number of aliphatic hydroxyl groups is 5. The van der Waals surface area contributed by atoms with Crippen LogP contribution in [-0.2, 0) is 93.4 Å². The molecule has 39 nitrogen and oxygen atoms in total. The molecule has 13 rings (SSSR count). The summed E-state index contributed by atoms with van der Waals surface area (Å²) < 4.78 is 192. The third-order valence-electron chi connectivity index (χ3n) is 25.3. The lowest BCUT2D eigenvalue weighted by Crippen LogP contribution is -2.45. The van der Waals surface area contributed by atoms with Gasteiger partial charge in [0.1, 0.15) is 81.3 Å². The van der Waals surface area contributed by atoms with Crippen molar-refractivity contribution in [3.63, 3.8) is 0 Å². The minimum atomic E-state index is -4.22. The van der Waals surface area contributed by atoms with Crippen LogP contribution in [0.4, 0.5) is 39.8 Å². The lowest BCUT2D eigenvalue weighted by molar-refractivity contribution is -0.129. The number of aliphatic hydroxyl groups excluding tert-OH is 5. The molecule has 150 heavy (non-hydrogen) atoms. The zero-order chi connectivity index (χ0) is 113. The van der Waals surface area contributed by atoms with Crippen molar-refractivity contribution in [3.05, 3.63) is 154 Å². The van der Waals surface area contributed by atoms with Gasteiger partial charge >= 0.3 is 7.52 Å². The molecule has 0 aromatic heterocycles. The number of nitrogens with one attached hydrogen (secondary N) is 6. The van der Waals surface area contributed by atoms with Gasteiger partial charge in [0.05, 0.1) is 119 Å². The number of carbonyl (C=O) groups is 4. The Hall–Kier alpha value is -10.2. The molecule has 828 valence electrons. The summed E-state index contributed by atoms with van der Waals surface area (Å²) in [6.07, 6.45) is 5.34. The maximum absolute atomic E-state index is 14.6. The molecule has 8 unspecified atom stereocenters. The maximum Gasteiger partial charge on any atom is 0.348 e. The topological polar surface area (TPSA) is 540 Å². The van der Waals surface area contributed by atoms with Crippen molar-refractivity contribution in [2.75, 3.05) is 118 Å². The molecule has 0 spiro atoms. The van der Waals surface area contributed by atoms with Crippen LogP contribution in [0.15, 0.2) is 168 Å². The average molecular weight is 2240 g/mol. The Labute approximate surface area is 885 Å². The Morgan fingerprint density at radius 1 is 0.393 bits per heavy atom. The predicted octanol–water partition coefficient (Wildman–Crippen LogP) is 17.6. The van der Waals surface area contributed by atoms with Crippen LogP contribution < -0.4 is 60.4 Å². The van der Waals surface area contributed by atoms with E-state index in [0.29, 0.717) is 73.7 Å². The van der Waals surface area contributed by atoms with Gasteiger partial charge in [0.25, 0.3) is 23.6 Å². The van der Waals surface area contributed by atoms with Crippen LogP contribution >= 0.6 is 29.4 Å². The Morgan fingerprint density at radius 2 is 0.720 bits per heavy atom. The number of anilines is 7. The second-order valence-corrected chi connectivity index (χ2v) is 64.7. The summed E-state index contributed by atoms with van der Waals surface area (Å²) in [7, 11) is -30.5. The van der Waals surface area contributed by atoms with E-state index >= 15 is 0 Å². The van der Waals surface area contributed by atoms with Gasteiger partial charge < -0.3 is 80.4 Å². The van der Waals surface area contributed by atoms with Crippen LogP contribution in [0, 0.1) is 43.3 Å². The van der Waals surface area contributed by atoms with Crippen LogP contribution in [0.2, 0.25) is 0 Å². The van der Waals surface area contributed by atoms with E-state index in [2.05, 4.69) is 133 Å². The summed E-state index contributed by atoms with van der Waals surface area (Å²) >= 11 is 0. The standard InChI is InChI=1S/C30H41N4O6PS.C25H39N4O7PS2.C25H38N3O5P.C23H35N4O6PS/c1-29(2,3)15-16-34-26(30(4,5)6)25(35)24(28(34)36)27-31-22-14-13-21(33-42(7,38)39)17-23(22)41(37,32-27)19-40-18-20-11-9-8-10-12-20;1-10-37(32)18-15-16(29(38(8,33)34)39(9,35)36)11-12-17(18)26-22(27-37)19-20(30)21(25(5,6)7)28(23(19)31)14-13-24(2,3)4;1-9-32-16-11-12-18-17(15-16)26-22(27-34(18,31)33-10-2)19-20(29)21(25(6,7)8)28(23(19)30)14-13-24(3,4)5;1-22(2,3)10-11-27-19(23(4,5)6)18(29)17(21(27)30)20-24-15-9-8-14(26-35(7,32)33)12-16(15)34(31,13-28)25-20/h8-14,17,26,33,35H,15-16,18-19H2,1-7H3,(H,31,32,37);11-12,15,21,30H,10,13-14H2,1-9H3,(H,26,27,32);11-12,15,21,29H,9-10,13-14H2,1-8H3,(H,26,27,31);8-9,12,19,26,28-29H,10-11,13H2,1-7H3,(H,24,25,31). The number of sulfonamides is 4. The van der Waals surface area contributed by atoms with E-state index in [4.69, 9.17) is 14.0 Å². The van der Waals surface area contributed by atoms with E-state index in [1.807, 2.05) is 120 Å². The first-order chi connectivity index (χ1) is 68.5. The Bertz CT molecular complexity index is 7040. The number of carbonyl (C=O) groups excluding carboxylic acids is 4. The average Bonchev–Trinajstić information content (AvgIpc) is 1.54. The van der Waals surface area contributed by atoms with Crippen LogP contribution in [0.5, 0.6) is 5.75 Å². The van der Waals surface area contributed by atoms with Crippen LogP contribution in [0.25, 0.3) is 0 Å². The summed E-state index contributed by atoms with van der Waals surface area (Å²) in [5, 5.41) is 68.6. The number of benzene rings is 5. The van der Waals surface area contributed by atoms with Gasteiger partial charge in [-0.15, -0.1) is 0 Å². The Morgan fingerprint density at radius 3 is 1.04 bits per heavy atom. The summed E-state index contributed by atoms with van der Waals surface area (Å²) in [6.45, 7) is 56.2. The van der Waals surface area contributed by atoms with Crippen LogP contribution in [-0.4, -0.2) is 233 Å². The third kappa shape index (κ3) is 28.7. The molecule has 4 amide bonds. The van der Waals surface area contributed by atoms with Gasteiger partial charge in [0.2, 0.25) is 62.0 Å². The number of hydrogen-bond donors (Lipinski definition) is 11. The van der Waals surface area contributed by atoms with Gasteiger partial charge in [-0.2, -0.15) is 8.47 Å². The second kappa shape index (κ2) is 44.4. The highest BCUT2D eigenvalue weighted by Gasteiger charge is 2.55. The van der Waals surface area contributed by atoms with E-state index in [1.165, 1.54) is 48.5 Å². The monoisotopic (exact) mass is 2240 g/mol. The van der Waals surface area contributed by atoms with Gasteiger partial charge in [-0.1, -0.05) is 203 Å². The quantitative estimate of drug-likeness (QED) is 0.0198. The van der Waals surface area contributed by atoms with Gasteiger partial charge in [-0.25, -0.2) is 48.0 Å². The van der Waals surface area contributed by atoms with Gasteiger partial charge in [-0.3, -0.25) is 46.9 Å². The number of nitrogens with zero attached hydrogens (tertiary/aromatic N) is 9. The number of amides is 4. The number of amidine groups is 4.